The summed E-state index contributed by atoms with van der Waals surface area (Å²) in [6, 6.07) is 14.0. The van der Waals surface area contributed by atoms with E-state index in [0.29, 0.717) is 23.4 Å². The van der Waals surface area contributed by atoms with E-state index in [9.17, 15) is 9.59 Å². The summed E-state index contributed by atoms with van der Waals surface area (Å²) in [4.78, 5) is 26.1. The van der Waals surface area contributed by atoms with Crippen LogP contribution < -0.4 is 11.1 Å². The number of fused-ring (bicyclic) bond motifs is 1. The number of benzene rings is 2. The minimum absolute atomic E-state index is 0.0227. The zero-order valence-corrected chi connectivity index (χ0v) is 13.9. The molecule has 26 heavy (non-hydrogen) atoms. The van der Waals surface area contributed by atoms with Crippen LogP contribution in [0.1, 0.15) is 27.2 Å². The van der Waals surface area contributed by atoms with Crippen LogP contribution >= 0.6 is 0 Å². The van der Waals surface area contributed by atoms with E-state index in [1.807, 2.05) is 0 Å². The molecule has 6 N–H and O–H groups in total. The van der Waals surface area contributed by atoms with Crippen molar-refractivity contribution in [3.63, 3.8) is 0 Å². The molecule has 7 nitrogen and oxygen atoms in total. The van der Waals surface area contributed by atoms with Gasteiger partial charge in [-0.2, -0.15) is 0 Å². The fourth-order valence-electron chi connectivity index (χ4n) is 2.65. The highest BCUT2D eigenvalue weighted by Crippen LogP contribution is 2.17. The maximum atomic E-state index is 12.3. The molecule has 0 bridgehead atoms. The van der Waals surface area contributed by atoms with Crippen LogP contribution in [0.15, 0.2) is 48.5 Å². The number of rotatable bonds is 6. The van der Waals surface area contributed by atoms with Crippen LogP contribution in [-0.4, -0.2) is 27.8 Å². The normalized spacial score (nSPS) is 10.6. The van der Waals surface area contributed by atoms with Gasteiger partial charge in [-0.05, 0) is 35.4 Å². The van der Waals surface area contributed by atoms with Gasteiger partial charge in [-0.25, -0.2) is 0 Å². The van der Waals surface area contributed by atoms with E-state index in [-0.39, 0.29) is 18.2 Å². The van der Waals surface area contributed by atoms with E-state index in [0.717, 1.165) is 16.5 Å². The van der Waals surface area contributed by atoms with Gasteiger partial charge in [0.2, 0.25) is 0 Å². The summed E-state index contributed by atoms with van der Waals surface area (Å²) >= 11 is 0. The number of amides is 1. The number of carboxylic acid groups (broad SMARTS) is 1. The van der Waals surface area contributed by atoms with E-state index >= 15 is 0 Å². The number of H-pyrrole nitrogens is 1. The van der Waals surface area contributed by atoms with E-state index in [2.05, 4.69) is 10.3 Å². The zero-order valence-electron chi connectivity index (χ0n) is 13.9. The molecule has 0 saturated carbocycles. The van der Waals surface area contributed by atoms with Crippen LogP contribution in [0.4, 0.5) is 0 Å². The van der Waals surface area contributed by atoms with E-state index < -0.39 is 5.97 Å². The van der Waals surface area contributed by atoms with E-state index in [1.165, 1.54) is 0 Å². The number of hydrogen-bond acceptors (Lipinski definition) is 3. The van der Waals surface area contributed by atoms with Crippen LogP contribution in [0.3, 0.4) is 0 Å². The lowest BCUT2D eigenvalue weighted by molar-refractivity contribution is -0.136. The first kappa shape index (κ1) is 17.2. The zero-order chi connectivity index (χ0) is 18.7. The predicted molar refractivity (Wildman–Crippen MR) is 98.3 cm³/mol. The monoisotopic (exact) mass is 350 g/mol. The summed E-state index contributed by atoms with van der Waals surface area (Å²) in [7, 11) is 0. The summed E-state index contributed by atoms with van der Waals surface area (Å²) in [5.74, 6) is -1.15. The first-order valence-electron chi connectivity index (χ1n) is 7.97. The Morgan fingerprint density at radius 1 is 1.08 bits per heavy atom. The van der Waals surface area contributed by atoms with Crippen LogP contribution in [0, 0.1) is 5.41 Å². The van der Waals surface area contributed by atoms with Gasteiger partial charge in [-0.1, -0.05) is 24.3 Å². The minimum Gasteiger partial charge on any atom is -0.481 e. The Kier molecular flexibility index (Phi) is 4.70. The molecule has 1 amide bonds. The molecule has 0 aliphatic rings. The van der Waals surface area contributed by atoms with Crippen molar-refractivity contribution in [2.24, 2.45) is 5.73 Å². The molecule has 0 fully saturated rings. The van der Waals surface area contributed by atoms with Gasteiger partial charge in [0.15, 0.2) is 0 Å². The number of hydrogen-bond donors (Lipinski definition) is 5. The van der Waals surface area contributed by atoms with Gasteiger partial charge in [0.25, 0.3) is 5.91 Å². The molecular formula is C19H18N4O3. The number of carbonyl (C=O) groups is 2. The molecule has 0 radical (unpaired) electrons. The molecule has 1 aromatic heterocycles. The molecule has 0 saturated heterocycles. The van der Waals surface area contributed by atoms with Crippen molar-refractivity contribution < 1.29 is 14.7 Å². The van der Waals surface area contributed by atoms with Gasteiger partial charge in [0, 0.05) is 23.0 Å². The molecule has 0 atom stereocenters. The summed E-state index contributed by atoms with van der Waals surface area (Å²) < 4.78 is 0. The number of carbonyl (C=O) groups excluding carboxylic acids is 1. The van der Waals surface area contributed by atoms with Crippen LogP contribution in [0.5, 0.6) is 0 Å². The molecule has 0 unspecified atom stereocenters. The lowest BCUT2D eigenvalue weighted by atomic mass is 10.1. The highest BCUT2D eigenvalue weighted by Gasteiger charge is 2.10. The Morgan fingerprint density at radius 2 is 1.77 bits per heavy atom. The number of carboxylic acids is 1. The molecule has 132 valence electrons. The summed E-state index contributed by atoms with van der Waals surface area (Å²) in [6.45, 7) is 0.334. The van der Waals surface area contributed by atoms with Crippen molar-refractivity contribution in [1.29, 1.82) is 5.41 Å². The number of nitrogens with two attached hydrogens (primary N) is 1. The number of amidine groups is 1. The van der Waals surface area contributed by atoms with Gasteiger partial charge >= 0.3 is 5.97 Å². The topological polar surface area (TPSA) is 132 Å². The average Bonchev–Trinajstić information content (AvgIpc) is 3.03. The number of aliphatic carboxylic acids is 1. The van der Waals surface area contributed by atoms with Gasteiger partial charge in [0.05, 0.1) is 6.42 Å². The Hall–Kier alpha value is -3.61. The van der Waals surface area contributed by atoms with E-state index in [4.69, 9.17) is 16.2 Å². The van der Waals surface area contributed by atoms with Gasteiger partial charge in [-0.3, -0.25) is 15.0 Å². The molecule has 0 spiro atoms. The molecule has 0 aliphatic carbocycles. The third-order valence-corrected chi connectivity index (χ3v) is 4.01. The predicted octanol–water partition coefficient (Wildman–Crippen LogP) is 2.01. The maximum Gasteiger partial charge on any atom is 0.307 e. The van der Waals surface area contributed by atoms with Gasteiger partial charge in [-0.15, -0.1) is 0 Å². The van der Waals surface area contributed by atoms with Crippen molar-refractivity contribution in [3.8, 4) is 0 Å². The van der Waals surface area contributed by atoms with Crippen molar-refractivity contribution in [2.75, 3.05) is 0 Å². The second-order valence-corrected chi connectivity index (χ2v) is 5.97. The first-order chi connectivity index (χ1) is 12.4. The maximum absolute atomic E-state index is 12.3. The molecule has 7 heteroatoms. The van der Waals surface area contributed by atoms with Crippen LogP contribution in [-0.2, 0) is 17.8 Å². The molecule has 3 aromatic rings. The van der Waals surface area contributed by atoms with Crippen LogP contribution in [0.2, 0.25) is 0 Å². The highest BCUT2D eigenvalue weighted by molar-refractivity contribution is 6.02. The summed E-state index contributed by atoms with van der Waals surface area (Å²) in [5, 5.41) is 19.9. The lowest BCUT2D eigenvalue weighted by Gasteiger charge is -2.05. The smallest absolute Gasteiger partial charge is 0.307 e. The average molecular weight is 350 g/mol. The minimum atomic E-state index is -0.877. The van der Waals surface area contributed by atoms with Crippen molar-refractivity contribution in [3.05, 3.63) is 70.9 Å². The van der Waals surface area contributed by atoms with Crippen molar-refractivity contribution in [1.82, 2.24) is 10.3 Å². The Morgan fingerprint density at radius 3 is 2.42 bits per heavy atom. The molecule has 0 aliphatic heterocycles. The number of aromatic amines is 1. The molecule has 3 rings (SSSR count). The third kappa shape index (κ3) is 3.89. The molecule has 1 heterocycles. The van der Waals surface area contributed by atoms with Crippen molar-refractivity contribution in [2.45, 2.75) is 13.0 Å². The summed E-state index contributed by atoms with van der Waals surface area (Å²) in [6.07, 6.45) is -0.0239. The van der Waals surface area contributed by atoms with Gasteiger partial charge < -0.3 is 21.1 Å². The van der Waals surface area contributed by atoms with E-state index in [1.54, 1.807) is 48.5 Å². The number of nitrogen functional groups attached to an aromatic ring is 1. The van der Waals surface area contributed by atoms with Gasteiger partial charge in [0.1, 0.15) is 11.5 Å². The fourth-order valence-corrected chi connectivity index (χ4v) is 2.65. The third-order valence-electron chi connectivity index (χ3n) is 4.01. The number of aromatic nitrogens is 1. The Labute approximate surface area is 149 Å². The van der Waals surface area contributed by atoms with Crippen LogP contribution in [0.25, 0.3) is 10.9 Å². The first-order valence-corrected chi connectivity index (χ1v) is 7.97. The SMILES string of the molecule is N=C(N)c1ccc2[nH]c(C(=O)NCc3ccc(CC(=O)O)cc3)cc2c1. The largest absolute Gasteiger partial charge is 0.481 e. The second kappa shape index (κ2) is 7.10. The fraction of sp³-hybridized carbons (Fsp3) is 0.105. The molecular weight excluding hydrogens is 332 g/mol. The Bertz CT molecular complexity index is 990. The highest BCUT2D eigenvalue weighted by atomic mass is 16.4. The second-order valence-electron chi connectivity index (χ2n) is 5.97. The lowest BCUT2D eigenvalue weighted by Crippen LogP contribution is -2.23. The Balaban J connectivity index is 1.67. The summed E-state index contributed by atoms with van der Waals surface area (Å²) in [5.41, 5.74) is 8.88. The standard InChI is InChI=1S/C19H18N4O3/c20-18(21)13-5-6-15-14(8-13)9-16(23-15)19(26)22-10-12-3-1-11(2-4-12)7-17(24)25/h1-6,8-9,23H,7,10H2,(H3,20,21)(H,22,26)(H,24,25). The quantitative estimate of drug-likeness (QED) is 0.343. The molecule has 2 aromatic carbocycles. The number of nitrogens with one attached hydrogen (secondary N) is 3. The van der Waals surface area contributed by atoms with Crippen molar-refractivity contribution >= 4 is 28.6 Å².